The Balaban J connectivity index is 1.87. The third-order valence-corrected chi connectivity index (χ3v) is 3.91. The topological polar surface area (TPSA) is 75.8 Å². The fourth-order valence-electron chi connectivity index (χ4n) is 2.11. The molecule has 2 heterocycles. The summed E-state index contributed by atoms with van der Waals surface area (Å²) in [6.07, 6.45) is 3.70. The van der Waals surface area contributed by atoms with Crippen LogP contribution in [0.1, 0.15) is 12.5 Å². The SMILES string of the molecule is CCOc1ccc(C#N)cc1Nc1nc(-c2cnn(C)c2)cs1. The lowest BCUT2D eigenvalue weighted by Gasteiger charge is -2.10. The van der Waals surface area contributed by atoms with Crippen molar-refractivity contribution in [2.45, 2.75) is 6.92 Å². The molecule has 1 aromatic carbocycles. The molecule has 23 heavy (non-hydrogen) atoms. The zero-order chi connectivity index (χ0) is 16.2. The van der Waals surface area contributed by atoms with Crippen LogP contribution in [0.15, 0.2) is 36.0 Å². The second-order valence-electron chi connectivity index (χ2n) is 4.82. The molecule has 0 aliphatic rings. The summed E-state index contributed by atoms with van der Waals surface area (Å²) < 4.78 is 7.34. The Morgan fingerprint density at radius 1 is 1.43 bits per heavy atom. The lowest BCUT2D eigenvalue weighted by Crippen LogP contribution is -1.98. The van der Waals surface area contributed by atoms with E-state index in [2.05, 4.69) is 21.5 Å². The molecule has 2 aromatic heterocycles. The highest BCUT2D eigenvalue weighted by Gasteiger charge is 2.10. The van der Waals surface area contributed by atoms with Crippen LogP contribution in [0.4, 0.5) is 10.8 Å². The van der Waals surface area contributed by atoms with Gasteiger partial charge in [0.25, 0.3) is 0 Å². The van der Waals surface area contributed by atoms with Gasteiger partial charge in [0.1, 0.15) is 5.75 Å². The minimum Gasteiger partial charge on any atom is -0.492 e. The molecule has 0 aliphatic carbocycles. The molecule has 0 fully saturated rings. The number of nitriles is 1. The van der Waals surface area contributed by atoms with E-state index in [4.69, 9.17) is 10.00 Å². The highest BCUT2D eigenvalue weighted by Crippen LogP contribution is 2.32. The quantitative estimate of drug-likeness (QED) is 0.776. The van der Waals surface area contributed by atoms with E-state index >= 15 is 0 Å². The molecule has 0 bridgehead atoms. The van der Waals surface area contributed by atoms with E-state index in [9.17, 15) is 0 Å². The zero-order valence-electron chi connectivity index (χ0n) is 12.8. The first kappa shape index (κ1) is 15.1. The number of hydrogen-bond acceptors (Lipinski definition) is 6. The fourth-order valence-corrected chi connectivity index (χ4v) is 2.84. The van der Waals surface area contributed by atoms with Gasteiger partial charge in [-0.1, -0.05) is 0 Å². The van der Waals surface area contributed by atoms with Crippen LogP contribution >= 0.6 is 11.3 Å². The third-order valence-electron chi connectivity index (χ3n) is 3.15. The largest absolute Gasteiger partial charge is 0.492 e. The maximum absolute atomic E-state index is 9.06. The van der Waals surface area contributed by atoms with Crippen LogP contribution in [-0.2, 0) is 7.05 Å². The van der Waals surface area contributed by atoms with Crippen molar-refractivity contribution in [2.75, 3.05) is 11.9 Å². The number of nitrogens with one attached hydrogen (secondary N) is 1. The molecule has 1 N–H and O–H groups in total. The standard InChI is InChI=1S/C16H15N5OS/c1-3-22-15-5-4-11(7-17)6-13(15)19-16-20-14(10-23-16)12-8-18-21(2)9-12/h4-6,8-10H,3H2,1-2H3,(H,19,20). The first-order chi connectivity index (χ1) is 11.2. The van der Waals surface area contributed by atoms with Crippen LogP contribution < -0.4 is 10.1 Å². The van der Waals surface area contributed by atoms with E-state index < -0.39 is 0 Å². The Morgan fingerprint density at radius 2 is 2.30 bits per heavy atom. The van der Waals surface area contributed by atoms with E-state index in [0.29, 0.717) is 17.9 Å². The molecule has 0 saturated carbocycles. The van der Waals surface area contributed by atoms with Gasteiger partial charge in [0.15, 0.2) is 5.13 Å². The summed E-state index contributed by atoms with van der Waals surface area (Å²) in [7, 11) is 1.87. The normalized spacial score (nSPS) is 10.3. The molecule has 7 heteroatoms. The number of thiazole rings is 1. The molecule has 3 aromatic rings. The third kappa shape index (κ3) is 3.33. The molecule has 0 aliphatic heterocycles. The maximum Gasteiger partial charge on any atom is 0.187 e. The molecular weight excluding hydrogens is 310 g/mol. The molecule has 0 saturated heterocycles. The van der Waals surface area contributed by atoms with Gasteiger partial charge in [-0.2, -0.15) is 10.4 Å². The molecule has 6 nitrogen and oxygen atoms in total. The summed E-state index contributed by atoms with van der Waals surface area (Å²) in [5.74, 6) is 0.699. The van der Waals surface area contributed by atoms with Crippen LogP contribution in [0, 0.1) is 11.3 Å². The molecule has 0 unspecified atom stereocenters. The Hall–Kier alpha value is -2.85. The van der Waals surface area contributed by atoms with Gasteiger partial charge in [-0.3, -0.25) is 4.68 Å². The zero-order valence-corrected chi connectivity index (χ0v) is 13.6. The van der Waals surface area contributed by atoms with Gasteiger partial charge in [-0.15, -0.1) is 11.3 Å². The Labute approximate surface area is 138 Å². The lowest BCUT2D eigenvalue weighted by molar-refractivity contribution is 0.342. The molecule has 0 amide bonds. The predicted octanol–water partition coefficient (Wildman–Crippen LogP) is 3.56. The highest BCUT2D eigenvalue weighted by atomic mass is 32.1. The first-order valence-electron chi connectivity index (χ1n) is 7.08. The summed E-state index contributed by atoms with van der Waals surface area (Å²) in [4.78, 5) is 4.56. The van der Waals surface area contributed by atoms with Gasteiger partial charge in [0.2, 0.25) is 0 Å². The second kappa shape index (κ2) is 6.50. The summed E-state index contributed by atoms with van der Waals surface area (Å²) in [5, 5.41) is 19.2. The first-order valence-corrected chi connectivity index (χ1v) is 7.96. The van der Waals surface area contributed by atoms with Gasteiger partial charge < -0.3 is 10.1 Å². The van der Waals surface area contributed by atoms with Gasteiger partial charge >= 0.3 is 0 Å². The summed E-state index contributed by atoms with van der Waals surface area (Å²) in [6, 6.07) is 7.42. The summed E-state index contributed by atoms with van der Waals surface area (Å²) in [6.45, 7) is 2.48. The average molecular weight is 325 g/mol. The molecule has 116 valence electrons. The fraction of sp³-hybridized carbons (Fsp3) is 0.188. The Kier molecular flexibility index (Phi) is 4.26. The van der Waals surface area contributed by atoms with Crippen LogP contribution in [0.5, 0.6) is 5.75 Å². The van der Waals surface area contributed by atoms with Gasteiger partial charge in [0.05, 0.1) is 35.8 Å². The molecule has 0 radical (unpaired) electrons. The number of anilines is 2. The number of nitrogens with zero attached hydrogens (tertiary/aromatic N) is 4. The van der Waals surface area contributed by atoms with Crippen molar-refractivity contribution in [2.24, 2.45) is 7.05 Å². The number of benzene rings is 1. The van der Waals surface area contributed by atoms with Crippen molar-refractivity contribution < 1.29 is 4.74 Å². The van der Waals surface area contributed by atoms with Crippen molar-refractivity contribution in [3.63, 3.8) is 0 Å². The molecule has 0 atom stereocenters. The number of ether oxygens (including phenoxy) is 1. The van der Waals surface area contributed by atoms with Gasteiger partial charge in [-0.05, 0) is 25.1 Å². The van der Waals surface area contributed by atoms with E-state index in [1.165, 1.54) is 11.3 Å². The smallest absolute Gasteiger partial charge is 0.187 e. The van der Waals surface area contributed by atoms with Crippen molar-refractivity contribution in [3.8, 4) is 23.1 Å². The van der Waals surface area contributed by atoms with Crippen LogP contribution in [0.3, 0.4) is 0 Å². The predicted molar refractivity (Wildman–Crippen MR) is 89.9 cm³/mol. The lowest BCUT2D eigenvalue weighted by atomic mass is 10.2. The summed E-state index contributed by atoms with van der Waals surface area (Å²) >= 11 is 1.49. The highest BCUT2D eigenvalue weighted by molar-refractivity contribution is 7.14. The average Bonchev–Trinajstić information content (AvgIpc) is 3.18. The van der Waals surface area contributed by atoms with Gasteiger partial charge in [0, 0.05) is 24.2 Å². The van der Waals surface area contributed by atoms with Crippen molar-refractivity contribution in [3.05, 3.63) is 41.5 Å². The minimum absolute atomic E-state index is 0.555. The van der Waals surface area contributed by atoms with Crippen LogP contribution in [-0.4, -0.2) is 21.4 Å². The number of rotatable bonds is 5. The van der Waals surface area contributed by atoms with Crippen molar-refractivity contribution >= 4 is 22.2 Å². The Morgan fingerprint density at radius 3 is 3.00 bits per heavy atom. The van der Waals surface area contributed by atoms with E-state index in [-0.39, 0.29) is 0 Å². The number of aromatic nitrogens is 3. The molecule has 0 spiro atoms. The monoisotopic (exact) mass is 325 g/mol. The van der Waals surface area contributed by atoms with Crippen molar-refractivity contribution in [1.82, 2.24) is 14.8 Å². The van der Waals surface area contributed by atoms with Crippen molar-refractivity contribution in [1.29, 1.82) is 5.26 Å². The minimum atomic E-state index is 0.555. The van der Waals surface area contributed by atoms with Gasteiger partial charge in [-0.25, -0.2) is 4.98 Å². The molecule has 3 rings (SSSR count). The molecular formula is C16H15N5OS. The summed E-state index contributed by atoms with van der Waals surface area (Å²) in [5.41, 5.74) is 3.13. The second-order valence-corrected chi connectivity index (χ2v) is 5.68. The van der Waals surface area contributed by atoms with E-state index in [1.54, 1.807) is 29.1 Å². The van der Waals surface area contributed by atoms with Crippen LogP contribution in [0.2, 0.25) is 0 Å². The van der Waals surface area contributed by atoms with E-state index in [1.807, 2.05) is 25.5 Å². The number of aryl methyl sites for hydroxylation is 1. The van der Waals surface area contributed by atoms with E-state index in [0.717, 1.165) is 22.1 Å². The Bertz CT molecular complexity index is 861. The maximum atomic E-state index is 9.06. The van der Waals surface area contributed by atoms with Crippen LogP contribution in [0.25, 0.3) is 11.3 Å². The number of hydrogen-bond donors (Lipinski definition) is 1.